The highest BCUT2D eigenvalue weighted by atomic mass is 35.5. The van der Waals surface area contributed by atoms with Crippen molar-refractivity contribution in [1.82, 2.24) is 10.6 Å². The number of rotatable bonds is 9. The van der Waals surface area contributed by atoms with Crippen LogP contribution in [0.15, 0.2) is 18.2 Å². The Bertz CT molecular complexity index is 974. The van der Waals surface area contributed by atoms with E-state index in [1.54, 1.807) is 12.1 Å². The molecule has 1 aromatic rings. The second kappa shape index (κ2) is 12.2. The smallest absolute Gasteiger partial charge is 0.410 e. The molecule has 206 valence electrons. The maximum atomic E-state index is 13.5. The zero-order chi connectivity index (χ0) is 27.5. The van der Waals surface area contributed by atoms with Crippen LogP contribution in [0.25, 0.3) is 0 Å². The fourth-order valence-corrected chi connectivity index (χ4v) is 6.29. The van der Waals surface area contributed by atoms with Crippen molar-refractivity contribution < 1.29 is 23.6 Å². The number of hydrogen-bond acceptors (Lipinski definition) is 5. The number of ether oxygens (including phenoxy) is 1. The normalized spacial score (nSPS) is 24.2. The van der Waals surface area contributed by atoms with Crippen molar-refractivity contribution in [3.8, 4) is 0 Å². The Labute approximate surface area is 231 Å². The van der Waals surface area contributed by atoms with Crippen LogP contribution >= 0.6 is 23.2 Å². The van der Waals surface area contributed by atoms with Gasteiger partial charge in [0.05, 0.1) is 28.7 Å². The number of methoxy groups -OCH3 is 1. The summed E-state index contributed by atoms with van der Waals surface area (Å²) in [5, 5.41) is 6.45. The topological polar surface area (TPSA) is 85.9 Å². The van der Waals surface area contributed by atoms with E-state index in [9.17, 15) is 9.59 Å². The molecule has 3 fully saturated rings. The first-order valence-corrected chi connectivity index (χ1v) is 13.9. The van der Waals surface area contributed by atoms with Gasteiger partial charge in [0, 0.05) is 18.7 Å². The van der Waals surface area contributed by atoms with Crippen molar-refractivity contribution in [2.75, 3.05) is 20.3 Å². The summed E-state index contributed by atoms with van der Waals surface area (Å²) in [6.07, 6.45) is 2.73. The minimum atomic E-state index is -0.946. The van der Waals surface area contributed by atoms with E-state index in [-0.39, 0.29) is 34.4 Å². The average molecular weight is 555 g/mol. The summed E-state index contributed by atoms with van der Waals surface area (Å²) in [7, 11) is 0.864. The summed E-state index contributed by atoms with van der Waals surface area (Å²) in [4.78, 5) is 26.4. The van der Waals surface area contributed by atoms with Crippen LogP contribution in [0, 0.1) is 23.2 Å². The molecule has 2 aliphatic heterocycles. The van der Waals surface area contributed by atoms with Gasteiger partial charge in [0.15, 0.2) is 0 Å². The van der Waals surface area contributed by atoms with E-state index in [4.69, 9.17) is 37.2 Å². The Hall–Kier alpha value is -1.32. The lowest BCUT2D eigenvalue weighted by Crippen LogP contribution is -2.60. The van der Waals surface area contributed by atoms with Gasteiger partial charge < -0.3 is 24.7 Å². The second-order valence-corrected chi connectivity index (χ2v) is 12.7. The quantitative estimate of drug-likeness (QED) is 0.411. The molecule has 2 amide bonds. The zero-order valence-corrected chi connectivity index (χ0v) is 24.5. The molecular formula is C27H41BCl2N2O5. The predicted molar refractivity (Wildman–Crippen MR) is 148 cm³/mol. The zero-order valence-electron chi connectivity index (χ0n) is 23.0. The van der Waals surface area contributed by atoms with E-state index >= 15 is 0 Å². The van der Waals surface area contributed by atoms with Crippen LogP contribution < -0.4 is 10.6 Å². The third-order valence-corrected chi connectivity index (χ3v) is 8.55. The molecule has 2 heterocycles. The molecule has 1 saturated carbocycles. The Balaban J connectivity index is 1.78. The van der Waals surface area contributed by atoms with Crippen LogP contribution in [0.1, 0.15) is 71.2 Å². The maximum Gasteiger partial charge on any atom is 0.481 e. The van der Waals surface area contributed by atoms with Gasteiger partial charge in [-0.1, -0.05) is 50.9 Å². The largest absolute Gasteiger partial charge is 0.481 e. The van der Waals surface area contributed by atoms with Gasteiger partial charge in [0.25, 0.3) is 5.91 Å². The molecule has 37 heavy (non-hydrogen) atoms. The monoisotopic (exact) mass is 554 g/mol. The second-order valence-electron chi connectivity index (χ2n) is 11.9. The predicted octanol–water partition coefficient (Wildman–Crippen LogP) is 5.17. The molecule has 4 rings (SSSR count). The van der Waals surface area contributed by atoms with Crippen LogP contribution in [-0.2, 0) is 18.8 Å². The van der Waals surface area contributed by atoms with E-state index in [1.807, 2.05) is 0 Å². The van der Waals surface area contributed by atoms with Gasteiger partial charge in [0.2, 0.25) is 5.91 Å². The summed E-state index contributed by atoms with van der Waals surface area (Å²) in [6, 6.07) is 3.66. The number of carbonyl (C=O) groups is 2. The molecule has 2 N–H and O–H groups in total. The highest BCUT2D eigenvalue weighted by Gasteiger charge is 2.56. The van der Waals surface area contributed by atoms with Crippen LogP contribution in [0.3, 0.4) is 0 Å². The standard InChI is InChI=1S/C27H41BCl2N2O5/c1-16(2)12-23(28-36-11-10-17-13-22(26(17,3)4)27(5,6)37-28)32-25(34)21(15-35-7)31-24(33)19-14-18(29)8-9-20(19)30/h8-9,14,16-17,21-23H,10-13,15H2,1-7H3,(H,31,33)(H,32,34)/t17-,21+,22+,23+/m1/s1. The lowest BCUT2D eigenvalue weighted by atomic mass is 9.49. The van der Waals surface area contributed by atoms with E-state index in [0.717, 1.165) is 12.8 Å². The van der Waals surface area contributed by atoms with Crippen molar-refractivity contribution in [2.24, 2.45) is 23.2 Å². The number of carbonyl (C=O) groups excluding carboxylic acids is 2. The Morgan fingerprint density at radius 1 is 1.19 bits per heavy atom. The van der Waals surface area contributed by atoms with E-state index in [0.29, 0.717) is 29.9 Å². The molecule has 1 aliphatic carbocycles. The van der Waals surface area contributed by atoms with E-state index < -0.39 is 30.6 Å². The average Bonchev–Trinajstić information content (AvgIpc) is 2.89. The van der Waals surface area contributed by atoms with Crippen LogP contribution in [-0.4, -0.2) is 56.8 Å². The molecule has 0 spiro atoms. The number of fused-ring (bicyclic) bond motifs is 5. The minimum absolute atomic E-state index is 0.0139. The van der Waals surface area contributed by atoms with Crippen molar-refractivity contribution in [3.63, 3.8) is 0 Å². The van der Waals surface area contributed by atoms with Gasteiger partial charge >= 0.3 is 7.12 Å². The summed E-state index contributed by atoms with van der Waals surface area (Å²) in [5.74, 6) is -0.0311. The molecule has 7 nitrogen and oxygen atoms in total. The molecule has 3 aliphatic rings. The van der Waals surface area contributed by atoms with Gasteiger partial charge in [-0.2, -0.15) is 0 Å². The number of halogens is 2. The van der Waals surface area contributed by atoms with E-state index in [2.05, 4.69) is 52.2 Å². The van der Waals surface area contributed by atoms with Gasteiger partial charge in [-0.3, -0.25) is 9.59 Å². The molecule has 0 aromatic heterocycles. The third-order valence-electron chi connectivity index (χ3n) is 7.99. The fraction of sp³-hybridized carbons (Fsp3) is 0.704. The molecule has 0 radical (unpaired) electrons. The minimum Gasteiger partial charge on any atom is -0.410 e. The van der Waals surface area contributed by atoms with Gasteiger partial charge in [-0.15, -0.1) is 0 Å². The molecule has 2 bridgehead atoms. The molecular weight excluding hydrogens is 514 g/mol. The van der Waals surface area contributed by atoms with Crippen molar-refractivity contribution in [1.29, 1.82) is 0 Å². The number of hydrogen-bond donors (Lipinski definition) is 2. The first-order valence-electron chi connectivity index (χ1n) is 13.1. The molecule has 10 heteroatoms. The summed E-state index contributed by atoms with van der Waals surface area (Å²) < 4.78 is 18.2. The van der Waals surface area contributed by atoms with Crippen molar-refractivity contribution in [2.45, 2.75) is 78.4 Å². The fourth-order valence-electron chi connectivity index (χ4n) is 5.91. The first kappa shape index (κ1) is 30.2. The Morgan fingerprint density at radius 2 is 1.89 bits per heavy atom. The van der Waals surface area contributed by atoms with E-state index in [1.165, 1.54) is 13.2 Å². The lowest BCUT2D eigenvalue weighted by Gasteiger charge is -2.58. The summed E-state index contributed by atoms with van der Waals surface area (Å²) in [5.41, 5.74) is -0.0556. The SMILES string of the molecule is COC[C@H](NC(=O)c1cc(Cl)ccc1Cl)C(=O)N[C@@H](CC(C)C)B1OCC[C@@H]2C[C@H](C(C)(C)O1)C2(C)C. The van der Waals surface area contributed by atoms with Gasteiger partial charge in [0.1, 0.15) is 6.04 Å². The maximum absolute atomic E-state index is 13.5. The molecule has 1 aromatic carbocycles. The third kappa shape index (κ3) is 7.21. The van der Waals surface area contributed by atoms with Crippen molar-refractivity contribution >= 4 is 42.1 Å². The highest BCUT2D eigenvalue weighted by Crippen LogP contribution is 2.58. The van der Waals surface area contributed by atoms with Crippen LogP contribution in [0.4, 0.5) is 0 Å². The van der Waals surface area contributed by atoms with Gasteiger partial charge in [-0.05, 0) is 74.5 Å². The van der Waals surface area contributed by atoms with Crippen LogP contribution in [0.5, 0.6) is 0 Å². The van der Waals surface area contributed by atoms with Crippen LogP contribution in [0.2, 0.25) is 10.0 Å². The highest BCUT2D eigenvalue weighted by molar-refractivity contribution is 6.47. The van der Waals surface area contributed by atoms with Crippen molar-refractivity contribution in [3.05, 3.63) is 33.8 Å². The Morgan fingerprint density at radius 3 is 2.51 bits per heavy atom. The molecule has 0 unspecified atom stereocenters. The number of nitrogens with one attached hydrogen (secondary N) is 2. The lowest BCUT2D eigenvalue weighted by molar-refractivity contribution is -0.129. The Kier molecular flexibility index (Phi) is 10.0. The van der Waals surface area contributed by atoms with Gasteiger partial charge in [-0.25, -0.2) is 0 Å². The summed E-state index contributed by atoms with van der Waals surface area (Å²) >= 11 is 12.2. The molecule has 2 saturated heterocycles. The number of benzene rings is 1. The number of amides is 2. The molecule has 4 atom stereocenters. The summed E-state index contributed by atoms with van der Waals surface area (Å²) in [6.45, 7) is 13.6. The first-order chi connectivity index (χ1) is 17.3.